The van der Waals surface area contributed by atoms with Gasteiger partial charge in [0.2, 0.25) is 5.91 Å². The average molecular weight is 239 g/mol. The van der Waals surface area contributed by atoms with Gasteiger partial charge in [0.25, 0.3) is 0 Å². The van der Waals surface area contributed by atoms with Gasteiger partial charge in [0, 0.05) is 19.0 Å². The lowest BCUT2D eigenvalue weighted by Crippen LogP contribution is -2.48. The predicted octanol–water partition coefficient (Wildman–Crippen LogP) is 3.85. The number of unbranched alkanes of at least 4 members (excludes halogenated alkanes) is 3. The van der Waals surface area contributed by atoms with Crippen LogP contribution < -0.4 is 0 Å². The van der Waals surface area contributed by atoms with Gasteiger partial charge in [-0.2, -0.15) is 0 Å². The molecule has 2 nitrogen and oxygen atoms in total. The Balaban J connectivity index is 2.45. The first-order valence-corrected chi connectivity index (χ1v) is 7.25. The molecule has 0 aliphatic carbocycles. The summed E-state index contributed by atoms with van der Waals surface area (Å²) in [6.45, 7) is 10.8. The van der Waals surface area contributed by atoms with Gasteiger partial charge in [-0.15, -0.1) is 0 Å². The van der Waals surface area contributed by atoms with Crippen LogP contribution in [0.2, 0.25) is 0 Å². The predicted molar refractivity (Wildman–Crippen MR) is 72.9 cm³/mol. The summed E-state index contributed by atoms with van der Waals surface area (Å²) >= 11 is 0. The van der Waals surface area contributed by atoms with Gasteiger partial charge >= 0.3 is 0 Å². The zero-order valence-electron chi connectivity index (χ0n) is 12.1. The maximum atomic E-state index is 12.4. The van der Waals surface area contributed by atoms with E-state index in [1.54, 1.807) is 0 Å². The van der Waals surface area contributed by atoms with E-state index < -0.39 is 0 Å². The van der Waals surface area contributed by atoms with Gasteiger partial charge in [-0.3, -0.25) is 4.79 Å². The van der Waals surface area contributed by atoms with Gasteiger partial charge in [0.05, 0.1) is 0 Å². The summed E-state index contributed by atoms with van der Waals surface area (Å²) in [7, 11) is 0. The molecule has 17 heavy (non-hydrogen) atoms. The second-order valence-electron chi connectivity index (χ2n) is 6.45. The Morgan fingerprint density at radius 1 is 1.18 bits per heavy atom. The minimum atomic E-state index is 0.110. The summed E-state index contributed by atoms with van der Waals surface area (Å²) in [5.74, 6) is 0.625. The highest BCUT2D eigenvalue weighted by atomic mass is 16.2. The molecule has 1 unspecified atom stereocenters. The monoisotopic (exact) mass is 239 g/mol. The highest BCUT2D eigenvalue weighted by molar-refractivity contribution is 5.80. The molecule has 0 saturated carbocycles. The number of carbonyl (C=O) groups is 1. The van der Waals surface area contributed by atoms with E-state index in [1.807, 2.05) is 4.90 Å². The van der Waals surface area contributed by atoms with Crippen LogP contribution in [-0.4, -0.2) is 23.9 Å². The van der Waals surface area contributed by atoms with E-state index in [0.29, 0.717) is 5.91 Å². The summed E-state index contributed by atoms with van der Waals surface area (Å²) in [5, 5.41) is 0. The molecular formula is C15H29NO. The lowest BCUT2D eigenvalue weighted by atomic mass is 9.76. The molecule has 1 rings (SSSR count). The number of amides is 1. The van der Waals surface area contributed by atoms with Crippen molar-refractivity contribution in [2.75, 3.05) is 13.1 Å². The largest absolute Gasteiger partial charge is 0.342 e. The third kappa shape index (κ3) is 4.33. The summed E-state index contributed by atoms with van der Waals surface area (Å²) in [4.78, 5) is 14.4. The summed E-state index contributed by atoms with van der Waals surface area (Å²) in [5.41, 5.74) is 0.110. The summed E-state index contributed by atoms with van der Waals surface area (Å²) < 4.78 is 0. The zero-order valence-corrected chi connectivity index (χ0v) is 12.1. The summed E-state index contributed by atoms with van der Waals surface area (Å²) in [6, 6.07) is 0. The molecule has 2 heteroatoms. The van der Waals surface area contributed by atoms with Gasteiger partial charge in [-0.1, -0.05) is 53.4 Å². The van der Waals surface area contributed by atoms with Crippen LogP contribution in [0.4, 0.5) is 0 Å². The van der Waals surface area contributed by atoms with Crippen molar-refractivity contribution in [2.24, 2.45) is 11.3 Å². The highest BCUT2D eigenvalue weighted by Crippen LogP contribution is 2.33. The number of hydrogen-bond donors (Lipinski definition) is 0. The highest BCUT2D eigenvalue weighted by Gasteiger charge is 2.35. The smallest absolute Gasteiger partial charge is 0.226 e. The van der Waals surface area contributed by atoms with Gasteiger partial charge < -0.3 is 4.90 Å². The average Bonchev–Trinajstić information content (AvgIpc) is 2.12. The molecule has 1 fully saturated rings. The lowest BCUT2D eigenvalue weighted by molar-refractivity contribution is -0.143. The quantitative estimate of drug-likeness (QED) is 0.645. The maximum absolute atomic E-state index is 12.4. The van der Waals surface area contributed by atoms with Crippen molar-refractivity contribution >= 4 is 5.91 Å². The molecule has 0 aromatic heterocycles. The molecule has 1 aliphatic heterocycles. The van der Waals surface area contributed by atoms with Crippen LogP contribution in [0.1, 0.15) is 66.2 Å². The third-order valence-electron chi connectivity index (χ3n) is 3.86. The van der Waals surface area contributed by atoms with Gasteiger partial charge in [0.15, 0.2) is 0 Å². The third-order valence-corrected chi connectivity index (χ3v) is 3.86. The SMILES string of the molecule is CCCCCCC(C(=O)N1CCC1)C(C)(C)C. The minimum absolute atomic E-state index is 0.110. The Kier molecular flexibility index (Phi) is 5.48. The first kappa shape index (κ1) is 14.5. The number of rotatable bonds is 6. The zero-order chi connectivity index (χ0) is 12.9. The summed E-state index contributed by atoms with van der Waals surface area (Å²) in [6.07, 6.45) is 7.30. The lowest BCUT2D eigenvalue weighted by Gasteiger charge is -2.39. The fraction of sp³-hybridized carbons (Fsp3) is 0.933. The molecule has 1 aliphatic rings. The van der Waals surface area contributed by atoms with E-state index in [2.05, 4.69) is 27.7 Å². The van der Waals surface area contributed by atoms with E-state index in [0.717, 1.165) is 19.5 Å². The number of carbonyl (C=O) groups excluding carboxylic acids is 1. The molecule has 0 bridgehead atoms. The number of likely N-dealkylation sites (tertiary alicyclic amines) is 1. The van der Waals surface area contributed by atoms with E-state index in [9.17, 15) is 4.79 Å². The Hall–Kier alpha value is -0.530. The second kappa shape index (κ2) is 6.42. The van der Waals surface area contributed by atoms with Crippen LogP contribution >= 0.6 is 0 Å². The molecular weight excluding hydrogens is 210 g/mol. The van der Waals surface area contributed by atoms with Crippen LogP contribution in [-0.2, 0) is 4.79 Å². The number of nitrogens with zero attached hydrogens (tertiary/aromatic N) is 1. The van der Waals surface area contributed by atoms with Crippen LogP contribution in [0.25, 0.3) is 0 Å². The van der Waals surface area contributed by atoms with E-state index in [4.69, 9.17) is 0 Å². The molecule has 0 radical (unpaired) electrons. The van der Waals surface area contributed by atoms with E-state index in [-0.39, 0.29) is 11.3 Å². The maximum Gasteiger partial charge on any atom is 0.226 e. The fourth-order valence-electron chi connectivity index (χ4n) is 2.46. The normalized spacial score (nSPS) is 17.8. The standard InChI is InChI=1S/C15H29NO/c1-5-6-7-8-10-13(15(2,3)4)14(17)16-11-9-12-16/h13H,5-12H2,1-4H3. The van der Waals surface area contributed by atoms with Crippen molar-refractivity contribution in [1.82, 2.24) is 4.90 Å². The Labute approximate surface area is 107 Å². The van der Waals surface area contributed by atoms with Crippen LogP contribution in [0.15, 0.2) is 0 Å². The van der Waals surface area contributed by atoms with Crippen molar-refractivity contribution in [3.05, 3.63) is 0 Å². The van der Waals surface area contributed by atoms with Gasteiger partial charge in [-0.05, 0) is 18.3 Å². The molecule has 0 aromatic rings. The van der Waals surface area contributed by atoms with Crippen molar-refractivity contribution in [3.8, 4) is 0 Å². The fourth-order valence-corrected chi connectivity index (χ4v) is 2.46. The molecule has 1 heterocycles. The molecule has 0 spiro atoms. The minimum Gasteiger partial charge on any atom is -0.342 e. The molecule has 1 amide bonds. The second-order valence-corrected chi connectivity index (χ2v) is 6.45. The van der Waals surface area contributed by atoms with E-state index >= 15 is 0 Å². The Morgan fingerprint density at radius 2 is 1.82 bits per heavy atom. The first-order chi connectivity index (χ1) is 7.96. The Bertz CT molecular complexity index is 238. The molecule has 1 atom stereocenters. The van der Waals surface area contributed by atoms with Crippen molar-refractivity contribution in [1.29, 1.82) is 0 Å². The Morgan fingerprint density at radius 3 is 2.24 bits per heavy atom. The topological polar surface area (TPSA) is 20.3 Å². The van der Waals surface area contributed by atoms with Gasteiger partial charge in [0.1, 0.15) is 0 Å². The van der Waals surface area contributed by atoms with Crippen LogP contribution in [0, 0.1) is 11.3 Å². The van der Waals surface area contributed by atoms with Gasteiger partial charge in [-0.25, -0.2) is 0 Å². The van der Waals surface area contributed by atoms with Crippen molar-refractivity contribution < 1.29 is 4.79 Å². The number of hydrogen-bond acceptors (Lipinski definition) is 1. The van der Waals surface area contributed by atoms with Crippen LogP contribution in [0.5, 0.6) is 0 Å². The van der Waals surface area contributed by atoms with E-state index in [1.165, 1.54) is 32.1 Å². The molecule has 0 aromatic carbocycles. The van der Waals surface area contributed by atoms with Crippen LogP contribution in [0.3, 0.4) is 0 Å². The van der Waals surface area contributed by atoms with Crippen molar-refractivity contribution in [3.63, 3.8) is 0 Å². The molecule has 1 saturated heterocycles. The first-order valence-electron chi connectivity index (χ1n) is 7.25. The molecule has 0 N–H and O–H groups in total. The van der Waals surface area contributed by atoms with Crippen molar-refractivity contribution in [2.45, 2.75) is 66.2 Å². The molecule has 100 valence electrons.